The van der Waals surface area contributed by atoms with Crippen molar-refractivity contribution < 1.29 is 4.79 Å². The Balaban J connectivity index is 2.22. The van der Waals surface area contributed by atoms with Crippen LogP contribution in [0.3, 0.4) is 0 Å². The zero-order chi connectivity index (χ0) is 9.68. The van der Waals surface area contributed by atoms with Gasteiger partial charge in [-0.3, -0.25) is 9.69 Å². The van der Waals surface area contributed by atoms with Crippen molar-refractivity contribution in [1.29, 1.82) is 5.26 Å². The van der Waals surface area contributed by atoms with Crippen molar-refractivity contribution in [2.24, 2.45) is 0 Å². The predicted octanol–water partition coefficient (Wildman–Crippen LogP) is 0.0642. The maximum atomic E-state index is 11.3. The summed E-state index contributed by atoms with van der Waals surface area (Å²) >= 11 is 0. The first-order valence-electron chi connectivity index (χ1n) is 4.57. The Morgan fingerprint density at radius 1 is 1.54 bits per heavy atom. The third-order valence-corrected chi connectivity index (χ3v) is 2.30. The molecule has 0 radical (unpaired) electrons. The Hall–Kier alpha value is -1.08. The van der Waals surface area contributed by atoms with Crippen LogP contribution in [0.1, 0.15) is 12.8 Å². The third-order valence-electron chi connectivity index (χ3n) is 2.30. The quantitative estimate of drug-likeness (QED) is 0.579. The average molecular weight is 181 g/mol. The van der Waals surface area contributed by atoms with Gasteiger partial charge in [-0.1, -0.05) is 0 Å². The lowest BCUT2D eigenvalue weighted by molar-refractivity contribution is -0.134. The van der Waals surface area contributed by atoms with E-state index in [0.29, 0.717) is 13.0 Å². The number of hydrogen-bond donors (Lipinski definition) is 0. The monoisotopic (exact) mass is 181 g/mol. The van der Waals surface area contributed by atoms with Gasteiger partial charge in [0.1, 0.15) is 0 Å². The Morgan fingerprint density at radius 2 is 2.31 bits per heavy atom. The summed E-state index contributed by atoms with van der Waals surface area (Å²) in [7, 11) is 1.83. The minimum absolute atomic E-state index is 0.184. The Kier molecular flexibility index (Phi) is 3.71. The first-order valence-corrected chi connectivity index (χ1v) is 4.57. The molecule has 0 aromatic carbocycles. The third kappa shape index (κ3) is 3.03. The molecule has 0 N–H and O–H groups in total. The lowest BCUT2D eigenvalue weighted by Crippen LogP contribution is -2.48. The van der Waals surface area contributed by atoms with E-state index in [-0.39, 0.29) is 5.91 Å². The van der Waals surface area contributed by atoms with E-state index < -0.39 is 0 Å². The van der Waals surface area contributed by atoms with Crippen molar-refractivity contribution in [3.8, 4) is 6.07 Å². The van der Waals surface area contributed by atoms with E-state index in [1.165, 1.54) is 0 Å². The Bertz CT molecular complexity index is 221. The zero-order valence-electron chi connectivity index (χ0n) is 7.99. The second-order valence-electron chi connectivity index (χ2n) is 3.35. The zero-order valence-corrected chi connectivity index (χ0v) is 7.99. The van der Waals surface area contributed by atoms with Crippen LogP contribution in [-0.4, -0.2) is 48.9 Å². The summed E-state index contributed by atoms with van der Waals surface area (Å²) in [6, 6.07) is 2.11. The molecule has 1 heterocycles. The van der Waals surface area contributed by atoms with Gasteiger partial charge >= 0.3 is 0 Å². The first kappa shape index (κ1) is 10.0. The molecule has 1 aliphatic rings. The number of nitriles is 1. The summed E-state index contributed by atoms with van der Waals surface area (Å²) < 4.78 is 0. The molecule has 1 fully saturated rings. The van der Waals surface area contributed by atoms with Gasteiger partial charge in [0.2, 0.25) is 5.91 Å². The minimum atomic E-state index is 0.184. The molecule has 0 aromatic rings. The second kappa shape index (κ2) is 4.83. The molecule has 72 valence electrons. The number of carbonyl (C=O) groups excluding carboxylic acids is 1. The fraction of sp³-hybridized carbons (Fsp3) is 0.778. The van der Waals surface area contributed by atoms with Crippen molar-refractivity contribution in [1.82, 2.24) is 9.80 Å². The molecule has 1 amide bonds. The van der Waals surface area contributed by atoms with Gasteiger partial charge in [0.15, 0.2) is 0 Å². The van der Waals surface area contributed by atoms with Crippen LogP contribution in [0.25, 0.3) is 0 Å². The number of nitrogens with zero attached hydrogens (tertiary/aromatic N) is 3. The molecule has 0 atom stereocenters. The van der Waals surface area contributed by atoms with E-state index in [9.17, 15) is 4.79 Å². The Morgan fingerprint density at radius 3 is 2.92 bits per heavy atom. The normalized spacial score (nSPS) is 18.8. The predicted molar refractivity (Wildman–Crippen MR) is 48.9 cm³/mol. The van der Waals surface area contributed by atoms with Crippen LogP contribution in [0.2, 0.25) is 0 Å². The number of likely N-dealkylation sites (N-methyl/N-ethyl adjacent to an activating group) is 1. The number of rotatable bonds is 3. The molecule has 0 aromatic heterocycles. The van der Waals surface area contributed by atoms with Gasteiger partial charge in [0, 0.05) is 26.6 Å². The van der Waals surface area contributed by atoms with Gasteiger partial charge < -0.3 is 4.90 Å². The number of piperazine rings is 1. The van der Waals surface area contributed by atoms with Crippen molar-refractivity contribution in [2.75, 3.05) is 33.2 Å². The van der Waals surface area contributed by atoms with Crippen molar-refractivity contribution in [2.45, 2.75) is 12.8 Å². The summed E-state index contributed by atoms with van der Waals surface area (Å²) in [6.07, 6.45) is 1.45. The molecular weight excluding hydrogens is 166 g/mol. The van der Waals surface area contributed by atoms with Gasteiger partial charge in [0.25, 0.3) is 0 Å². The summed E-state index contributed by atoms with van der Waals surface area (Å²) in [5.41, 5.74) is 0. The van der Waals surface area contributed by atoms with E-state index in [2.05, 4.69) is 11.0 Å². The van der Waals surface area contributed by atoms with Gasteiger partial charge in [-0.05, 0) is 13.0 Å². The lowest BCUT2D eigenvalue weighted by atomic mass is 10.2. The van der Waals surface area contributed by atoms with Crippen LogP contribution < -0.4 is 0 Å². The van der Waals surface area contributed by atoms with Gasteiger partial charge in [-0.2, -0.15) is 5.26 Å². The molecule has 1 rings (SSSR count). The van der Waals surface area contributed by atoms with Crippen molar-refractivity contribution >= 4 is 5.91 Å². The lowest BCUT2D eigenvalue weighted by Gasteiger charge is -2.31. The molecule has 0 unspecified atom stereocenters. The van der Waals surface area contributed by atoms with Gasteiger partial charge in [0.05, 0.1) is 12.6 Å². The van der Waals surface area contributed by atoms with Crippen molar-refractivity contribution in [3.05, 3.63) is 0 Å². The molecule has 0 spiro atoms. The van der Waals surface area contributed by atoms with Gasteiger partial charge in [-0.15, -0.1) is 0 Å². The average Bonchev–Trinajstić information content (AvgIpc) is 2.12. The SMILES string of the molecule is CN1CCN(CCCC#N)CC1=O. The van der Waals surface area contributed by atoms with E-state index in [1.807, 2.05) is 7.05 Å². The largest absolute Gasteiger partial charge is 0.343 e. The highest BCUT2D eigenvalue weighted by molar-refractivity contribution is 5.78. The van der Waals surface area contributed by atoms with Gasteiger partial charge in [-0.25, -0.2) is 0 Å². The number of unbranched alkanes of at least 4 members (excludes halogenated alkanes) is 1. The van der Waals surface area contributed by atoms with Crippen LogP contribution in [0.5, 0.6) is 0 Å². The highest BCUT2D eigenvalue weighted by atomic mass is 16.2. The summed E-state index contributed by atoms with van der Waals surface area (Å²) in [5, 5.41) is 8.35. The van der Waals surface area contributed by atoms with Crippen LogP contribution in [0.4, 0.5) is 0 Å². The molecular formula is C9H15N3O. The summed E-state index contributed by atoms with van der Waals surface area (Å²) in [6.45, 7) is 3.13. The Labute approximate surface area is 78.7 Å². The highest BCUT2D eigenvalue weighted by Gasteiger charge is 2.19. The van der Waals surface area contributed by atoms with E-state index in [4.69, 9.17) is 5.26 Å². The molecule has 1 saturated heterocycles. The molecule has 0 bridgehead atoms. The van der Waals surface area contributed by atoms with Crippen LogP contribution >= 0.6 is 0 Å². The van der Waals surface area contributed by atoms with E-state index in [1.54, 1.807) is 4.90 Å². The fourth-order valence-electron chi connectivity index (χ4n) is 1.38. The first-order chi connectivity index (χ1) is 6.24. The maximum Gasteiger partial charge on any atom is 0.236 e. The number of amides is 1. The summed E-state index contributed by atoms with van der Waals surface area (Å²) in [5.74, 6) is 0.184. The topological polar surface area (TPSA) is 47.3 Å². The highest BCUT2D eigenvalue weighted by Crippen LogP contribution is 2.02. The number of hydrogen-bond acceptors (Lipinski definition) is 3. The van der Waals surface area contributed by atoms with Crippen LogP contribution in [-0.2, 0) is 4.79 Å². The maximum absolute atomic E-state index is 11.3. The summed E-state index contributed by atoms with van der Waals surface area (Å²) in [4.78, 5) is 15.1. The van der Waals surface area contributed by atoms with E-state index in [0.717, 1.165) is 26.1 Å². The molecule has 0 saturated carbocycles. The molecule has 0 aliphatic carbocycles. The standard InChI is InChI=1S/C9H15N3O/c1-11-6-7-12(8-9(11)13)5-3-2-4-10/h2-3,5-8H2,1H3. The van der Waals surface area contributed by atoms with Crippen LogP contribution in [0.15, 0.2) is 0 Å². The van der Waals surface area contributed by atoms with E-state index >= 15 is 0 Å². The second-order valence-corrected chi connectivity index (χ2v) is 3.35. The fourth-order valence-corrected chi connectivity index (χ4v) is 1.38. The molecule has 4 heteroatoms. The minimum Gasteiger partial charge on any atom is -0.343 e. The smallest absolute Gasteiger partial charge is 0.236 e. The van der Waals surface area contributed by atoms with Crippen LogP contribution in [0, 0.1) is 11.3 Å². The van der Waals surface area contributed by atoms with Crippen molar-refractivity contribution in [3.63, 3.8) is 0 Å². The molecule has 4 nitrogen and oxygen atoms in total. The number of carbonyl (C=O) groups is 1. The molecule has 13 heavy (non-hydrogen) atoms. The molecule has 1 aliphatic heterocycles.